The average Bonchev–Trinajstić information content (AvgIpc) is 3.29. The van der Waals surface area contributed by atoms with Gasteiger partial charge in [-0.15, -0.1) is 0 Å². The van der Waals surface area contributed by atoms with Crippen molar-refractivity contribution in [2.45, 2.75) is 230 Å². The van der Waals surface area contributed by atoms with E-state index in [2.05, 4.69) is 90.9 Å². The number of hydrogen-bond acceptors (Lipinski definition) is 11. The van der Waals surface area contributed by atoms with Gasteiger partial charge in [0.05, 0.1) is 19.8 Å². The molecule has 12 nitrogen and oxygen atoms in total. The van der Waals surface area contributed by atoms with Crippen LogP contribution in [0.4, 0.5) is 0 Å². The first-order valence-electron chi connectivity index (χ1n) is 25.7. The molecule has 1 rings (SSSR count). The van der Waals surface area contributed by atoms with Crippen molar-refractivity contribution in [1.82, 2.24) is 0 Å². The largest absolute Gasteiger partial charge is 0.457 e. The van der Waals surface area contributed by atoms with Gasteiger partial charge in [-0.1, -0.05) is 177 Å². The van der Waals surface area contributed by atoms with Crippen LogP contribution in [0.5, 0.6) is 0 Å². The molecule has 0 radical (unpaired) electrons. The summed E-state index contributed by atoms with van der Waals surface area (Å²) in [6, 6.07) is 0. The number of rotatable bonds is 44. The van der Waals surface area contributed by atoms with Gasteiger partial charge < -0.3 is 34.3 Å². The first kappa shape index (κ1) is 61.6. The number of unbranched alkanes of at least 4 members (excludes halogenated alkanes) is 19. The molecule has 4 N–H and O–H groups in total. The van der Waals surface area contributed by atoms with Gasteiger partial charge >= 0.3 is 16.4 Å². The molecule has 0 bridgehead atoms. The Kier molecular flexibility index (Phi) is 40.8. The van der Waals surface area contributed by atoms with E-state index in [-0.39, 0.29) is 19.6 Å². The lowest BCUT2D eigenvalue weighted by Gasteiger charge is -2.41. The van der Waals surface area contributed by atoms with Crippen LogP contribution in [0.1, 0.15) is 194 Å². The highest BCUT2D eigenvalue weighted by Crippen LogP contribution is 2.26. The van der Waals surface area contributed by atoms with Crippen molar-refractivity contribution in [1.29, 1.82) is 0 Å². The zero-order valence-corrected chi connectivity index (χ0v) is 41.8. The van der Waals surface area contributed by atoms with Crippen molar-refractivity contribution in [2.75, 3.05) is 26.4 Å². The molecule has 13 heteroatoms. The lowest BCUT2D eigenvalue weighted by atomic mass is 9.99. The van der Waals surface area contributed by atoms with Crippen molar-refractivity contribution in [2.24, 2.45) is 0 Å². The van der Waals surface area contributed by atoms with Gasteiger partial charge in [-0.25, -0.2) is 4.18 Å². The second-order valence-electron chi connectivity index (χ2n) is 17.4. The maximum absolute atomic E-state index is 12.9. The number of ether oxygens (including phenoxy) is 4. The third-order valence-electron chi connectivity index (χ3n) is 11.3. The molecular formula is C53H92O12S. The second-order valence-corrected chi connectivity index (χ2v) is 18.4. The highest BCUT2D eigenvalue weighted by Gasteiger charge is 2.48. The summed E-state index contributed by atoms with van der Waals surface area (Å²) >= 11 is 0. The third-order valence-corrected chi connectivity index (χ3v) is 11.8. The first-order chi connectivity index (χ1) is 32.1. The summed E-state index contributed by atoms with van der Waals surface area (Å²) < 4.78 is 59.2. The predicted octanol–water partition coefficient (Wildman–Crippen LogP) is 11.9. The van der Waals surface area contributed by atoms with Crippen molar-refractivity contribution >= 4 is 16.4 Å². The lowest BCUT2D eigenvalue weighted by Crippen LogP contribution is -2.60. The van der Waals surface area contributed by atoms with Crippen LogP contribution in [0.2, 0.25) is 0 Å². The Morgan fingerprint density at radius 3 is 1.55 bits per heavy atom. The van der Waals surface area contributed by atoms with E-state index < -0.39 is 59.8 Å². The van der Waals surface area contributed by atoms with Gasteiger partial charge in [0, 0.05) is 13.0 Å². The van der Waals surface area contributed by atoms with Crippen molar-refractivity contribution < 1.29 is 56.2 Å². The fourth-order valence-corrected chi connectivity index (χ4v) is 7.97. The predicted molar refractivity (Wildman–Crippen MR) is 266 cm³/mol. The Morgan fingerprint density at radius 2 is 1.05 bits per heavy atom. The zero-order valence-electron chi connectivity index (χ0n) is 41.0. The first-order valence-corrected chi connectivity index (χ1v) is 27.1. The van der Waals surface area contributed by atoms with E-state index in [1.54, 1.807) is 0 Å². The van der Waals surface area contributed by atoms with Crippen LogP contribution in [0.15, 0.2) is 72.9 Å². The zero-order chi connectivity index (χ0) is 48.2. The van der Waals surface area contributed by atoms with Crippen LogP contribution < -0.4 is 0 Å². The number of carbonyl (C=O) groups is 1. The quantitative estimate of drug-likeness (QED) is 0.0197. The van der Waals surface area contributed by atoms with Crippen molar-refractivity contribution in [3.05, 3.63) is 72.9 Å². The van der Waals surface area contributed by atoms with Crippen LogP contribution in [0.25, 0.3) is 0 Å². The van der Waals surface area contributed by atoms with Gasteiger partial charge in [0.1, 0.15) is 30.5 Å². The number of carbonyl (C=O) groups excluding carboxylic acids is 1. The van der Waals surface area contributed by atoms with E-state index in [9.17, 15) is 33.1 Å². The fourth-order valence-electron chi connectivity index (χ4n) is 7.46. The van der Waals surface area contributed by atoms with E-state index in [1.165, 1.54) is 96.3 Å². The molecule has 6 atom stereocenters. The summed E-state index contributed by atoms with van der Waals surface area (Å²) in [5.41, 5.74) is 0. The molecule has 6 unspecified atom stereocenters. The number of allylic oxidation sites excluding steroid dienone is 12. The SMILES string of the molecule is CC/C=C\C/C=C\C/C=C\C/C=C\C/C=C\CCCCOCC(COC1OC(CO)C(O)C(OS(=O)(=O)O)C1O)OC(=O)CCCCCCCCCCC/C=C\CCCCCCCCCC. The molecule has 0 amide bonds. The number of aliphatic hydroxyl groups excluding tert-OH is 3. The number of hydrogen-bond donors (Lipinski definition) is 4. The Hall–Kier alpha value is -2.46. The summed E-state index contributed by atoms with van der Waals surface area (Å²) in [4.78, 5) is 12.9. The minimum absolute atomic E-state index is 0.00280. The summed E-state index contributed by atoms with van der Waals surface area (Å²) in [6.07, 6.45) is 48.0. The minimum Gasteiger partial charge on any atom is -0.457 e. The summed E-state index contributed by atoms with van der Waals surface area (Å²) in [7, 11) is -5.07. The molecule has 1 heterocycles. The molecular weight excluding hydrogens is 861 g/mol. The molecule has 0 saturated carbocycles. The maximum Gasteiger partial charge on any atom is 0.397 e. The molecule has 0 aromatic heterocycles. The topological polar surface area (TPSA) is 178 Å². The van der Waals surface area contributed by atoms with E-state index in [1.807, 2.05) is 0 Å². The van der Waals surface area contributed by atoms with Gasteiger partial charge in [0.15, 0.2) is 6.29 Å². The van der Waals surface area contributed by atoms with Gasteiger partial charge in [0.2, 0.25) is 0 Å². The highest BCUT2D eigenvalue weighted by molar-refractivity contribution is 7.80. The third kappa shape index (κ3) is 36.6. The van der Waals surface area contributed by atoms with Crippen molar-refractivity contribution in [3.8, 4) is 0 Å². The molecule has 0 aromatic carbocycles. The van der Waals surface area contributed by atoms with Crippen LogP contribution in [-0.4, -0.2) is 97.5 Å². The monoisotopic (exact) mass is 953 g/mol. The van der Waals surface area contributed by atoms with Crippen molar-refractivity contribution in [3.63, 3.8) is 0 Å². The molecule has 0 aromatic rings. The van der Waals surface area contributed by atoms with E-state index >= 15 is 0 Å². The second kappa shape index (κ2) is 43.8. The van der Waals surface area contributed by atoms with E-state index in [0.29, 0.717) is 13.0 Å². The lowest BCUT2D eigenvalue weighted by molar-refractivity contribution is -0.301. The summed E-state index contributed by atoms with van der Waals surface area (Å²) in [5.74, 6) is -0.418. The van der Waals surface area contributed by atoms with Gasteiger partial charge in [0.25, 0.3) is 0 Å². The fraction of sp³-hybridized carbons (Fsp3) is 0.755. The van der Waals surface area contributed by atoms with Gasteiger partial charge in [-0.3, -0.25) is 9.35 Å². The number of esters is 1. The molecule has 66 heavy (non-hydrogen) atoms. The molecule has 1 saturated heterocycles. The van der Waals surface area contributed by atoms with E-state index in [0.717, 1.165) is 70.6 Å². The van der Waals surface area contributed by atoms with Crippen LogP contribution in [-0.2, 0) is 38.3 Å². The smallest absolute Gasteiger partial charge is 0.397 e. The van der Waals surface area contributed by atoms with Gasteiger partial charge in [-0.05, 0) is 83.5 Å². The average molecular weight is 953 g/mol. The molecule has 1 aliphatic rings. The minimum atomic E-state index is -5.07. The Labute approximate surface area is 401 Å². The Balaban J connectivity index is 2.40. The Morgan fingerprint density at radius 1 is 0.591 bits per heavy atom. The van der Waals surface area contributed by atoms with Crippen LogP contribution in [0.3, 0.4) is 0 Å². The highest BCUT2D eigenvalue weighted by atomic mass is 32.3. The maximum atomic E-state index is 12.9. The standard InChI is InChI=1S/C53H92O12S/c1-3-5-7-9-11-13-15-17-19-21-23-24-25-26-28-30-32-34-36-38-40-42-49(55)63-47(46-62-53-51(57)52(65-66(58,59)60)50(56)48(44-54)64-53)45-61-43-41-39-37-35-33-31-29-27-22-20-18-16-14-12-10-8-6-4-2/h6,8,12,14,18,20-21,23,27,29,33,35,47-48,50-54,56-57H,3-5,7,9-11,13,15-17,19,22,24-26,28,30-32,34,36-46H2,1-2H3,(H,58,59,60)/b8-6-,14-12-,20-18-,23-21-,29-27-,35-33-. The molecule has 382 valence electrons. The summed E-state index contributed by atoms with van der Waals surface area (Å²) in [5, 5.41) is 30.7. The van der Waals surface area contributed by atoms with Gasteiger partial charge in [-0.2, -0.15) is 8.42 Å². The normalized spacial score (nSPS) is 20.1. The summed E-state index contributed by atoms with van der Waals surface area (Å²) in [6.45, 7) is 3.77. The molecule has 0 spiro atoms. The molecule has 1 fully saturated rings. The van der Waals surface area contributed by atoms with Crippen LogP contribution >= 0.6 is 0 Å². The Bertz CT molecular complexity index is 1420. The van der Waals surface area contributed by atoms with Crippen LogP contribution in [0, 0.1) is 0 Å². The molecule has 1 aliphatic heterocycles. The number of aliphatic hydroxyl groups is 3. The molecule has 0 aliphatic carbocycles. The van der Waals surface area contributed by atoms with E-state index in [4.69, 9.17) is 18.9 Å².